The van der Waals surface area contributed by atoms with Gasteiger partial charge in [-0.1, -0.05) is 11.6 Å². The number of hydrogen-bond donors (Lipinski definition) is 2. The van der Waals surface area contributed by atoms with Crippen LogP contribution in [0.1, 0.15) is 0 Å². The zero-order valence-electron chi connectivity index (χ0n) is 10.5. The van der Waals surface area contributed by atoms with Crippen molar-refractivity contribution in [2.75, 3.05) is 17.6 Å². The highest BCUT2D eigenvalue weighted by Crippen LogP contribution is 2.26. The molecule has 6 nitrogen and oxygen atoms in total. The Kier molecular flexibility index (Phi) is 4.01. The van der Waals surface area contributed by atoms with Gasteiger partial charge in [-0.2, -0.15) is 0 Å². The average molecular weight is 314 g/mol. The highest BCUT2D eigenvalue weighted by Gasteiger charge is 2.16. The van der Waals surface area contributed by atoms with Crippen LogP contribution in [0.15, 0.2) is 41.4 Å². The minimum absolute atomic E-state index is 0.0384. The summed E-state index contributed by atoms with van der Waals surface area (Å²) in [6, 6.07) is 7.11. The number of nitrogens with one attached hydrogen (secondary N) is 1. The van der Waals surface area contributed by atoms with Gasteiger partial charge in [0.25, 0.3) is 10.0 Å². The topological polar surface area (TPSA) is 94.3 Å². The number of benzene rings is 1. The normalized spacial score (nSPS) is 11.1. The fourth-order valence-electron chi connectivity index (χ4n) is 1.54. The minimum Gasteiger partial charge on any atom is -0.495 e. The van der Waals surface area contributed by atoms with Crippen LogP contribution in [0.5, 0.6) is 5.75 Å². The van der Waals surface area contributed by atoms with Crippen molar-refractivity contribution in [3.8, 4) is 5.75 Å². The van der Waals surface area contributed by atoms with Crippen LogP contribution in [0.4, 0.5) is 11.4 Å². The third kappa shape index (κ3) is 3.12. The van der Waals surface area contributed by atoms with Crippen molar-refractivity contribution in [2.45, 2.75) is 4.90 Å². The maximum atomic E-state index is 12.2. The number of ether oxygens (including phenoxy) is 1. The lowest BCUT2D eigenvalue weighted by molar-refractivity contribution is 0.415. The first-order chi connectivity index (χ1) is 9.42. The van der Waals surface area contributed by atoms with Crippen LogP contribution in [0.2, 0.25) is 5.15 Å². The molecule has 0 aliphatic heterocycles. The van der Waals surface area contributed by atoms with E-state index < -0.39 is 10.0 Å². The molecule has 0 fully saturated rings. The Morgan fingerprint density at radius 1 is 1.30 bits per heavy atom. The van der Waals surface area contributed by atoms with E-state index in [9.17, 15) is 8.42 Å². The van der Waals surface area contributed by atoms with Gasteiger partial charge in [0.2, 0.25) is 0 Å². The molecule has 2 rings (SSSR count). The monoisotopic (exact) mass is 313 g/mol. The summed E-state index contributed by atoms with van der Waals surface area (Å²) in [6.45, 7) is 0. The molecule has 0 saturated carbocycles. The predicted octanol–water partition coefficient (Wildman–Crippen LogP) is 2.13. The highest BCUT2D eigenvalue weighted by molar-refractivity contribution is 7.92. The number of nitrogen functional groups attached to an aromatic ring is 1. The SMILES string of the molecule is COc1cc(S(=O)(=O)Nc2ccnc(Cl)c2)ccc1N. The largest absolute Gasteiger partial charge is 0.495 e. The smallest absolute Gasteiger partial charge is 0.262 e. The molecule has 0 unspecified atom stereocenters. The quantitative estimate of drug-likeness (QED) is 0.666. The van der Waals surface area contributed by atoms with Crippen LogP contribution < -0.4 is 15.2 Å². The average Bonchev–Trinajstić information content (AvgIpc) is 2.38. The Morgan fingerprint density at radius 3 is 2.70 bits per heavy atom. The number of nitrogens with zero attached hydrogens (tertiary/aromatic N) is 1. The number of halogens is 1. The van der Waals surface area contributed by atoms with Crippen molar-refractivity contribution < 1.29 is 13.2 Å². The molecule has 0 aliphatic rings. The first-order valence-electron chi connectivity index (χ1n) is 5.50. The van der Waals surface area contributed by atoms with E-state index in [1.165, 1.54) is 43.6 Å². The number of anilines is 2. The summed E-state index contributed by atoms with van der Waals surface area (Å²) in [7, 11) is -2.34. The van der Waals surface area contributed by atoms with Crippen molar-refractivity contribution in [3.05, 3.63) is 41.7 Å². The molecule has 0 amide bonds. The van der Waals surface area contributed by atoms with E-state index in [2.05, 4.69) is 9.71 Å². The van der Waals surface area contributed by atoms with Gasteiger partial charge in [0.15, 0.2) is 0 Å². The summed E-state index contributed by atoms with van der Waals surface area (Å²) in [5.41, 5.74) is 6.33. The van der Waals surface area contributed by atoms with Crippen molar-refractivity contribution in [3.63, 3.8) is 0 Å². The van der Waals surface area contributed by atoms with Crippen LogP contribution in [0, 0.1) is 0 Å². The molecular weight excluding hydrogens is 302 g/mol. The first-order valence-corrected chi connectivity index (χ1v) is 7.36. The van der Waals surface area contributed by atoms with E-state index in [-0.39, 0.29) is 10.0 Å². The lowest BCUT2D eigenvalue weighted by Crippen LogP contribution is -2.13. The summed E-state index contributed by atoms with van der Waals surface area (Å²) in [5.74, 6) is 0.292. The fraction of sp³-hybridized carbons (Fsp3) is 0.0833. The molecule has 1 aromatic heterocycles. The standard InChI is InChI=1S/C12H12ClN3O3S/c1-19-11-7-9(2-3-10(11)14)20(17,18)16-8-4-5-15-12(13)6-8/h2-7H,14H2,1H3,(H,15,16). The summed E-state index contributed by atoms with van der Waals surface area (Å²) in [5, 5.41) is 0.195. The van der Waals surface area contributed by atoms with E-state index >= 15 is 0 Å². The maximum absolute atomic E-state index is 12.2. The molecule has 0 radical (unpaired) electrons. The number of aromatic nitrogens is 1. The molecule has 0 bridgehead atoms. The predicted molar refractivity (Wildman–Crippen MR) is 77.5 cm³/mol. The Hall–Kier alpha value is -1.99. The van der Waals surface area contributed by atoms with E-state index in [0.717, 1.165) is 0 Å². The van der Waals surface area contributed by atoms with Gasteiger partial charge in [0, 0.05) is 12.3 Å². The number of rotatable bonds is 4. The Labute approximate surface area is 121 Å². The van der Waals surface area contributed by atoms with Gasteiger partial charge in [0.05, 0.1) is 23.4 Å². The third-order valence-electron chi connectivity index (χ3n) is 2.49. The van der Waals surface area contributed by atoms with Crippen LogP contribution in [-0.2, 0) is 10.0 Å². The number of pyridine rings is 1. The van der Waals surface area contributed by atoms with Gasteiger partial charge in [-0.3, -0.25) is 4.72 Å². The molecule has 3 N–H and O–H groups in total. The maximum Gasteiger partial charge on any atom is 0.262 e. The van der Waals surface area contributed by atoms with Crippen molar-refractivity contribution in [1.29, 1.82) is 0 Å². The second kappa shape index (κ2) is 5.56. The highest BCUT2D eigenvalue weighted by atomic mass is 35.5. The molecule has 0 aliphatic carbocycles. The summed E-state index contributed by atoms with van der Waals surface area (Å²) >= 11 is 5.71. The lowest BCUT2D eigenvalue weighted by Gasteiger charge is -2.10. The second-order valence-corrected chi connectivity index (χ2v) is 5.95. The minimum atomic E-state index is -3.75. The van der Waals surface area contributed by atoms with E-state index in [1.54, 1.807) is 0 Å². The number of methoxy groups -OCH3 is 1. The van der Waals surface area contributed by atoms with E-state index in [1.807, 2.05) is 0 Å². The molecule has 20 heavy (non-hydrogen) atoms. The Morgan fingerprint density at radius 2 is 2.05 bits per heavy atom. The van der Waals surface area contributed by atoms with Crippen LogP contribution in [0.3, 0.4) is 0 Å². The first kappa shape index (κ1) is 14.4. The van der Waals surface area contributed by atoms with Gasteiger partial charge in [-0.05, 0) is 24.3 Å². The zero-order valence-corrected chi connectivity index (χ0v) is 12.1. The molecule has 2 aromatic rings. The summed E-state index contributed by atoms with van der Waals surface area (Å²) < 4.78 is 31.8. The Bertz CT molecular complexity index is 734. The molecule has 106 valence electrons. The van der Waals surface area contributed by atoms with Gasteiger partial charge in [0.1, 0.15) is 10.9 Å². The van der Waals surface area contributed by atoms with Crippen molar-refractivity contribution in [1.82, 2.24) is 4.98 Å². The molecule has 0 saturated heterocycles. The van der Waals surface area contributed by atoms with Crippen molar-refractivity contribution >= 4 is 33.0 Å². The molecule has 0 spiro atoms. The molecule has 8 heteroatoms. The Balaban J connectivity index is 2.35. The van der Waals surface area contributed by atoms with Crippen LogP contribution in [0.25, 0.3) is 0 Å². The second-order valence-electron chi connectivity index (χ2n) is 3.88. The summed E-state index contributed by atoms with van der Waals surface area (Å²) in [4.78, 5) is 3.81. The molecule has 1 aromatic carbocycles. The van der Waals surface area contributed by atoms with Gasteiger partial charge < -0.3 is 10.5 Å². The number of sulfonamides is 1. The van der Waals surface area contributed by atoms with Gasteiger partial charge in [-0.15, -0.1) is 0 Å². The van der Waals surface area contributed by atoms with E-state index in [0.29, 0.717) is 17.1 Å². The van der Waals surface area contributed by atoms with Crippen LogP contribution >= 0.6 is 11.6 Å². The zero-order chi connectivity index (χ0) is 14.8. The third-order valence-corrected chi connectivity index (χ3v) is 4.08. The molecular formula is C12H12ClN3O3S. The van der Waals surface area contributed by atoms with Gasteiger partial charge in [-0.25, -0.2) is 13.4 Å². The molecule has 0 atom stereocenters. The van der Waals surface area contributed by atoms with E-state index in [4.69, 9.17) is 22.1 Å². The summed E-state index contributed by atoms with van der Waals surface area (Å²) in [6.07, 6.45) is 1.41. The molecule has 1 heterocycles. The fourth-order valence-corrected chi connectivity index (χ4v) is 2.78. The van der Waals surface area contributed by atoms with Gasteiger partial charge >= 0.3 is 0 Å². The number of nitrogens with two attached hydrogens (primary N) is 1. The van der Waals surface area contributed by atoms with Crippen LogP contribution in [-0.4, -0.2) is 20.5 Å². The lowest BCUT2D eigenvalue weighted by atomic mass is 10.3. The van der Waals surface area contributed by atoms with Crippen molar-refractivity contribution in [2.24, 2.45) is 0 Å². The number of hydrogen-bond acceptors (Lipinski definition) is 5.